The van der Waals surface area contributed by atoms with E-state index in [2.05, 4.69) is 19.1 Å². The zero-order valence-corrected chi connectivity index (χ0v) is 13.0. The van der Waals surface area contributed by atoms with Crippen LogP contribution in [0.3, 0.4) is 0 Å². The fourth-order valence-electron chi connectivity index (χ4n) is 1.65. The predicted molar refractivity (Wildman–Crippen MR) is 83.4 cm³/mol. The Hall–Kier alpha value is -0.835. The van der Waals surface area contributed by atoms with E-state index in [1.807, 2.05) is 26.0 Å². The minimum atomic E-state index is -0.895. The van der Waals surface area contributed by atoms with Gasteiger partial charge in [-0.2, -0.15) is 0 Å². The third kappa shape index (κ3) is 2.86. The van der Waals surface area contributed by atoms with E-state index >= 15 is 0 Å². The van der Waals surface area contributed by atoms with Crippen molar-refractivity contribution in [1.82, 2.24) is 0 Å². The van der Waals surface area contributed by atoms with E-state index in [0.717, 1.165) is 4.78 Å². The van der Waals surface area contributed by atoms with Gasteiger partial charge in [0.05, 0.1) is 11.2 Å². The number of hydrogen-bond donors (Lipinski definition) is 1. The molecule has 0 amide bonds. The molecule has 101 valence electrons. The minimum absolute atomic E-state index is 0.629. The molecule has 4 heteroatoms. The number of aliphatic hydroxyl groups is 1. The Kier molecular flexibility index (Phi) is 3.78. The van der Waals surface area contributed by atoms with Crippen molar-refractivity contribution in [3.8, 4) is 0 Å². The molecule has 0 bridgehead atoms. The van der Waals surface area contributed by atoms with Gasteiger partial charge in [-0.3, -0.25) is 0 Å². The van der Waals surface area contributed by atoms with Crippen molar-refractivity contribution in [2.75, 3.05) is 0 Å². The molecule has 0 atom stereocenters. The summed E-state index contributed by atoms with van der Waals surface area (Å²) in [5, 5.41) is 11.4. The van der Waals surface area contributed by atoms with E-state index < -0.39 is 11.2 Å². The smallest absolute Gasteiger partial charge is 0.341 e. The number of thiophene rings is 1. The second-order valence-electron chi connectivity index (χ2n) is 5.89. The van der Waals surface area contributed by atoms with Crippen LogP contribution in [0.2, 0.25) is 0 Å². The minimum Gasteiger partial charge on any atom is -0.426 e. The molecule has 1 aromatic heterocycles. The molecule has 1 radical (unpaired) electrons. The van der Waals surface area contributed by atoms with E-state index in [-0.39, 0.29) is 0 Å². The van der Waals surface area contributed by atoms with E-state index in [1.54, 1.807) is 32.7 Å². The van der Waals surface area contributed by atoms with Gasteiger partial charge in [-0.15, -0.1) is 11.3 Å². The van der Waals surface area contributed by atoms with Crippen LogP contribution in [0.4, 0.5) is 0 Å². The number of hydrogen-bond acceptors (Lipinski definition) is 3. The molecule has 19 heavy (non-hydrogen) atoms. The Bertz CT molecular complexity index is 581. The molecule has 2 nitrogen and oxygen atoms in total. The van der Waals surface area contributed by atoms with Gasteiger partial charge in [-0.05, 0) is 51.6 Å². The maximum absolute atomic E-state index is 10.1. The largest absolute Gasteiger partial charge is 0.426 e. The van der Waals surface area contributed by atoms with Crippen molar-refractivity contribution >= 4 is 33.7 Å². The van der Waals surface area contributed by atoms with Gasteiger partial charge in [0, 0.05) is 9.48 Å². The Balaban J connectivity index is 2.21. The normalized spacial score (nSPS) is 12.9. The van der Waals surface area contributed by atoms with E-state index in [9.17, 15) is 5.11 Å². The van der Waals surface area contributed by atoms with E-state index in [0.29, 0.717) is 0 Å². The van der Waals surface area contributed by atoms with Crippen molar-refractivity contribution in [3.05, 3.63) is 29.8 Å². The summed E-state index contributed by atoms with van der Waals surface area (Å²) in [4.78, 5) is 0. The van der Waals surface area contributed by atoms with E-state index in [1.165, 1.54) is 15.6 Å². The first-order valence-electron chi connectivity index (χ1n) is 6.44. The average Bonchev–Trinajstić information content (AvgIpc) is 2.63. The van der Waals surface area contributed by atoms with Crippen LogP contribution >= 0.6 is 11.3 Å². The molecule has 0 aliphatic rings. The van der Waals surface area contributed by atoms with Crippen molar-refractivity contribution in [2.24, 2.45) is 0 Å². The molecule has 1 aromatic carbocycles. The van der Waals surface area contributed by atoms with Gasteiger partial charge in [0.1, 0.15) is 0 Å². The maximum Gasteiger partial charge on any atom is 0.341 e. The summed E-state index contributed by atoms with van der Waals surface area (Å²) in [7, 11) is 1.78. The molecule has 0 fully saturated rings. The molecule has 0 aliphatic heterocycles. The Morgan fingerprint density at radius 1 is 1.16 bits per heavy atom. The fraction of sp³-hybridized carbons (Fsp3) is 0.467. The van der Waals surface area contributed by atoms with Gasteiger partial charge in [0.15, 0.2) is 0 Å². The number of benzene rings is 1. The molecular formula is C15H20BO2S. The van der Waals surface area contributed by atoms with Gasteiger partial charge in [0.25, 0.3) is 0 Å². The molecule has 0 saturated heterocycles. The van der Waals surface area contributed by atoms with Crippen molar-refractivity contribution in [1.29, 1.82) is 0 Å². The van der Waals surface area contributed by atoms with Gasteiger partial charge < -0.3 is 9.76 Å². The maximum atomic E-state index is 10.1. The highest BCUT2D eigenvalue weighted by Gasteiger charge is 2.36. The summed E-state index contributed by atoms with van der Waals surface area (Å²) in [6.07, 6.45) is 0. The monoisotopic (exact) mass is 275 g/mol. The summed E-state index contributed by atoms with van der Waals surface area (Å²) in [6, 6.07) is 8.34. The summed E-state index contributed by atoms with van der Waals surface area (Å²) in [5.41, 5.74) is -0.295. The van der Waals surface area contributed by atoms with Crippen molar-refractivity contribution < 1.29 is 9.76 Å². The van der Waals surface area contributed by atoms with Crippen LogP contribution in [-0.2, 0) is 4.65 Å². The van der Waals surface area contributed by atoms with Gasteiger partial charge in [-0.1, -0.05) is 18.2 Å². The number of rotatable bonds is 4. The van der Waals surface area contributed by atoms with Gasteiger partial charge in [0.2, 0.25) is 0 Å². The van der Waals surface area contributed by atoms with E-state index in [4.69, 9.17) is 4.65 Å². The second-order valence-corrected chi connectivity index (χ2v) is 6.98. The Morgan fingerprint density at radius 3 is 2.37 bits per heavy atom. The summed E-state index contributed by atoms with van der Waals surface area (Å²) >= 11 is 1.71. The zero-order chi connectivity index (χ0) is 14.3. The van der Waals surface area contributed by atoms with Crippen LogP contribution in [-0.4, -0.2) is 23.8 Å². The van der Waals surface area contributed by atoms with Crippen LogP contribution in [0.25, 0.3) is 10.1 Å². The van der Waals surface area contributed by atoms with Crippen LogP contribution in [0, 0.1) is 6.92 Å². The topological polar surface area (TPSA) is 29.5 Å². The second kappa shape index (κ2) is 4.93. The SMILES string of the molecule is Cc1c([B]OC(C)(C)C(C)(C)O)sc2ccccc12. The molecular weight excluding hydrogens is 255 g/mol. The lowest BCUT2D eigenvalue weighted by molar-refractivity contribution is -0.0892. The first kappa shape index (κ1) is 14.6. The summed E-state index contributed by atoms with van der Waals surface area (Å²) in [5.74, 6) is 0. The standard InChI is InChI=1S/C15H20BO2S/c1-10-11-8-6-7-9-12(11)19-13(10)16-18-15(4,5)14(2,3)17/h6-9,17H,1-5H3. The molecule has 0 aliphatic carbocycles. The molecule has 2 aromatic rings. The van der Waals surface area contributed by atoms with Crippen molar-refractivity contribution in [3.63, 3.8) is 0 Å². The highest BCUT2D eigenvalue weighted by Crippen LogP contribution is 2.26. The lowest BCUT2D eigenvalue weighted by Crippen LogP contribution is -2.49. The quantitative estimate of drug-likeness (QED) is 0.869. The Labute approximate surface area is 119 Å². The lowest BCUT2D eigenvalue weighted by atomic mass is 9.85. The first-order chi connectivity index (χ1) is 8.72. The molecule has 2 rings (SSSR count). The predicted octanol–water partition coefficient (Wildman–Crippen LogP) is 3.02. The van der Waals surface area contributed by atoms with Crippen LogP contribution in [0.15, 0.2) is 24.3 Å². The zero-order valence-electron chi connectivity index (χ0n) is 12.2. The van der Waals surface area contributed by atoms with Crippen LogP contribution in [0.5, 0.6) is 0 Å². The molecule has 1 N–H and O–H groups in total. The third-order valence-electron chi connectivity index (χ3n) is 3.81. The molecule has 0 saturated carbocycles. The third-order valence-corrected chi connectivity index (χ3v) is 5.01. The molecule has 1 heterocycles. The molecule has 0 spiro atoms. The summed E-state index contributed by atoms with van der Waals surface area (Å²) < 4.78 is 8.20. The molecule has 0 unspecified atom stereocenters. The lowest BCUT2D eigenvalue weighted by Gasteiger charge is -2.37. The highest BCUT2D eigenvalue weighted by molar-refractivity contribution is 7.27. The highest BCUT2D eigenvalue weighted by atomic mass is 32.1. The Morgan fingerprint density at radius 2 is 1.79 bits per heavy atom. The number of aryl methyl sites for hydroxylation is 1. The van der Waals surface area contributed by atoms with Gasteiger partial charge >= 0.3 is 7.48 Å². The summed E-state index contributed by atoms with van der Waals surface area (Å²) in [6.45, 7) is 9.42. The van der Waals surface area contributed by atoms with Crippen LogP contribution < -0.4 is 4.78 Å². The number of fused-ring (bicyclic) bond motifs is 1. The van der Waals surface area contributed by atoms with Crippen molar-refractivity contribution in [2.45, 2.75) is 45.8 Å². The fourth-order valence-corrected chi connectivity index (χ4v) is 2.72. The average molecular weight is 275 g/mol. The first-order valence-corrected chi connectivity index (χ1v) is 7.25. The van der Waals surface area contributed by atoms with Gasteiger partial charge in [-0.25, -0.2) is 0 Å². The van der Waals surface area contributed by atoms with Crippen LogP contribution in [0.1, 0.15) is 33.3 Å².